The summed E-state index contributed by atoms with van der Waals surface area (Å²) in [6, 6.07) is 4.46. The number of ether oxygens (including phenoxy) is 1. The molecule has 1 N–H and O–H groups in total. The first-order chi connectivity index (χ1) is 8.54. The van der Waals surface area contributed by atoms with Gasteiger partial charge in [0.2, 0.25) is 0 Å². The topological polar surface area (TPSA) is 76.7 Å². The Kier molecular flexibility index (Phi) is 3.06. The van der Waals surface area contributed by atoms with Crippen LogP contribution in [-0.4, -0.2) is 17.7 Å². The highest BCUT2D eigenvalue weighted by molar-refractivity contribution is 5.93. The van der Waals surface area contributed by atoms with Crippen LogP contribution in [0.15, 0.2) is 27.4 Å². The Morgan fingerprint density at radius 3 is 2.83 bits per heavy atom. The Bertz CT molecular complexity index is 669. The third-order valence-electron chi connectivity index (χ3n) is 2.62. The van der Waals surface area contributed by atoms with E-state index in [9.17, 15) is 14.7 Å². The van der Waals surface area contributed by atoms with Crippen LogP contribution in [0, 0.1) is 6.92 Å². The average molecular weight is 248 g/mol. The molecule has 5 nitrogen and oxygen atoms in total. The molecular weight excluding hydrogens is 236 g/mol. The van der Waals surface area contributed by atoms with Gasteiger partial charge in [0.25, 0.3) is 0 Å². The molecule has 1 heterocycles. The molecule has 0 aliphatic rings. The van der Waals surface area contributed by atoms with Crippen LogP contribution in [0.2, 0.25) is 0 Å². The SMILES string of the molecule is CCOC(=O)c1cc2ccc(O)c(C)c2oc1=O. The monoisotopic (exact) mass is 248 g/mol. The molecule has 5 heteroatoms. The molecule has 0 spiro atoms. The van der Waals surface area contributed by atoms with Gasteiger partial charge in [-0.3, -0.25) is 0 Å². The Morgan fingerprint density at radius 1 is 1.44 bits per heavy atom. The van der Waals surface area contributed by atoms with E-state index in [4.69, 9.17) is 9.15 Å². The van der Waals surface area contributed by atoms with Gasteiger partial charge in [0.15, 0.2) is 0 Å². The minimum Gasteiger partial charge on any atom is -0.508 e. The average Bonchev–Trinajstić information content (AvgIpc) is 2.34. The van der Waals surface area contributed by atoms with Gasteiger partial charge in [-0.05, 0) is 32.0 Å². The molecule has 1 aromatic heterocycles. The van der Waals surface area contributed by atoms with Gasteiger partial charge in [0, 0.05) is 10.9 Å². The normalized spacial score (nSPS) is 10.6. The van der Waals surface area contributed by atoms with Crippen molar-refractivity contribution >= 4 is 16.9 Å². The molecule has 2 aromatic rings. The van der Waals surface area contributed by atoms with Crippen molar-refractivity contribution in [2.75, 3.05) is 6.61 Å². The molecule has 0 bridgehead atoms. The summed E-state index contributed by atoms with van der Waals surface area (Å²) in [5.41, 5.74) is -0.183. The van der Waals surface area contributed by atoms with Gasteiger partial charge >= 0.3 is 11.6 Å². The van der Waals surface area contributed by atoms with Crippen molar-refractivity contribution in [2.45, 2.75) is 13.8 Å². The summed E-state index contributed by atoms with van der Waals surface area (Å²) >= 11 is 0. The number of rotatable bonds is 2. The standard InChI is InChI=1S/C13H12O5/c1-3-17-12(15)9-6-8-4-5-10(14)7(2)11(8)18-13(9)16/h4-6,14H,3H2,1-2H3. The van der Waals surface area contributed by atoms with Crippen LogP contribution in [0.5, 0.6) is 5.75 Å². The molecule has 0 aliphatic carbocycles. The van der Waals surface area contributed by atoms with Crippen molar-refractivity contribution in [3.05, 3.63) is 39.7 Å². The second-order valence-corrected chi connectivity index (χ2v) is 3.80. The summed E-state index contributed by atoms with van der Waals surface area (Å²) in [5, 5.41) is 10.1. The molecule has 0 aliphatic heterocycles. The van der Waals surface area contributed by atoms with E-state index < -0.39 is 11.6 Å². The number of carbonyl (C=O) groups is 1. The van der Waals surface area contributed by atoms with Crippen LogP contribution in [0.3, 0.4) is 0 Å². The summed E-state index contributed by atoms with van der Waals surface area (Å²) < 4.78 is 9.82. The Labute approximate surface area is 103 Å². The summed E-state index contributed by atoms with van der Waals surface area (Å²) in [7, 11) is 0. The molecule has 94 valence electrons. The van der Waals surface area contributed by atoms with Gasteiger partial charge in [-0.15, -0.1) is 0 Å². The fourth-order valence-corrected chi connectivity index (χ4v) is 1.66. The molecule has 0 amide bonds. The fraction of sp³-hybridized carbons (Fsp3) is 0.231. The van der Waals surface area contributed by atoms with Crippen molar-refractivity contribution < 1.29 is 19.1 Å². The van der Waals surface area contributed by atoms with Crippen LogP contribution in [0.25, 0.3) is 11.0 Å². The van der Waals surface area contributed by atoms with E-state index in [-0.39, 0.29) is 23.5 Å². The van der Waals surface area contributed by atoms with Crippen LogP contribution in [0.1, 0.15) is 22.8 Å². The van der Waals surface area contributed by atoms with E-state index >= 15 is 0 Å². The van der Waals surface area contributed by atoms with Crippen LogP contribution < -0.4 is 5.63 Å². The van der Waals surface area contributed by atoms with E-state index in [0.717, 1.165) is 0 Å². The van der Waals surface area contributed by atoms with E-state index in [2.05, 4.69) is 0 Å². The van der Waals surface area contributed by atoms with Crippen molar-refractivity contribution in [2.24, 2.45) is 0 Å². The maximum atomic E-state index is 11.7. The second kappa shape index (κ2) is 4.52. The maximum absolute atomic E-state index is 11.7. The quantitative estimate of drug-likeness (QED) is 0.649. The predicted octanol–water partition coefficient (Wildman–Crippen LogP) is 1.98. The Hall–Kier alpha value is -2.30. The largest absolute Gasteiger partial charge is 0.508 e. The van der Waals surface area contributed by atoms with Crippen LogP contribution in [-0.2, 0) is 4.74 Å². The first kappa shape index (κ1) is 12.2. The minimum atomic E-state index is -0.769. The molecule has 1 aromatic carbocycles. The van der Waals surface area contributed by atoms with Gasteiger partial charge < -0.3 is 14.3 Å². The van der Waals surface area contributed by atoms with E-state index in [0.29, 0.717) is 10.9 Å². The van der Waals surface area contributed by atoms with E-state index in [1.165, 1.54) is 12.1 Å². The number of phenolic OH excluding ortho intramolecular Hbond substituents is 1. The fourth-order valence-electron chi connectivity index (χ4n) is 1.66. The molecule has 0 radical (unpaired) electrons. The lowest BCUT2D eigenvalue weighted by Gasteiger charge is -2.05. The lowest BCUT2D eigenvalue weighted by molar-refractivity contribution is 0.0522. The van der Waals surface area contributed by atoms with Crippen LogP contribution in [0.4, 0.5) is 0 Å². The predicted molar refractivity (Wildman–Crippen MR) is 64.8 cm³/mol. The highest BCUT2D eigenvalue weighted by Gasteiger charge is 2.16. The van der Waals surface area contributed by atoms with Crippen molar-refractivity contribution in [1.82, 2.24) is 0 Å². The Morgan fingerprint density at radius 2 is 2.17 bits per heavy atom. The number of carbonyl (C=O) groups excluding carboxylic acids is 1. The lowest BCUT2D eigenvalue weighted by atomic mass is 10.1. The van der Waals surface area contributed by atoms with Crippen molar-refractivity contribution in [1.29, 1.82) is 0 Å². The first-order valence-corrected chi connectivity index (χ1v) is 5.48. The minimum absolute atomic E-state index is 0.0366. The number of aryl methyl sites for hydroxylation is 1. The molecule has 18 heavy (non-hydrogen) atoms. The second-order valence-electron chi connectivity index (χ2n) is 3.80. The summed E-state index contributed by atoms with van der Waals surface area (Å²) in [5.74, 6) is -0.673. The molecule has 0 saturated heterocycles. The third-order valence-corrected chi connectivity index (χ3v) is 2.62. The van der Waals surface area contributed by atoms with Crippen molar-refractivity contribution in [3.8, 4) is 5.75 Å². The highest BCUT2D eigenvalue weighted by atomic mass is 16.5. The van der Waals surface area contributed by atoms with E-state index in [1.54, 1.807) is 19.9 Å². The molecular formula is C13H12O5. The van der Waals surface area contributed by atoms with Gasteiger partial charge in [-0.2, -0.15) is 0 Å². The molecule has 0 fully saturated rings. The number of hydrogen-bond donors (Lipinski definition) is 1. The molecule has 0 unspecified atom stereocenters. The summed E-state index contributed by atoms with van der Waals surface area (Å²) in [4.78, 5) is 23.2. The summed E-state index contributed by atoms with van der Waals surface area (Å²) in [6.45, 7) is 3.47. The summed E-state index contributed by atoms with van der Waals surface area (Å²) in [6.07, 6.45) is 0. The zero-order valence-electron chi connectivity index (χ0n) is 10.0. The van der Waals surface area contributed by atoms with Gasteiger partial charge in [-0.25, -0.2) is 9.59 Å². The third kappa shape index (κ3) is 1.95. The number of fused-ring (bicyclic) bond motifs is 1. The van der Waals surface area contributed by atoms with Gasteiger partial charge in [0.1, 0.15) is 16.9 Å². The number of benzene rings is 1. The molecule has 2 rings (SSSR count). The molecule has 0 saturated carbocycles. The highest BCUT2D eigenvalue weighted by Crippen LogP contribution is 2.25. The number of esters is 1. The smallest absolute Gasteiger partial charge is 0.351 e. The van der Waals surface area contributed by atoms with E-state index in [1.807, 2.05) is 0 Å². The zero-order chi connectivity index (χ0) is 13.3. The molecule has 0 atom stereocenters. The number of aromatic hydroxyl groups is 1. The van der Waals surface area contributed by atoms with Gasteiger partial charge in [0.05, 0.1) is 6.61 Å². The van der Waals surface area contributed by atoms with Crippen molar-refractivity contribution in [3.63, 3.8) is 0 Å². The Balaban J connectivity index is 2.67. The maximum Gasteiger partial charge on any atom is 0.351 e. The zero-order valence-corrected chi connectivity index (χ0v) is 10.0. The number of hydrogen-bond acceptors (Lipinski definition) is 5. The number of phenols is 1. The first-order valence-electron chi connectivity index (χ1n) is 5.48. The van der Waals surface area contributed by atoms with Crippen LogP contribution >= 0.6 is 0 Å². The lowest BCUT2D eigenvalue weighted by Crippen LogP contribution is -2.16. The van der Waals surface area contributed by atoms with Gasteiger partial charge in [-0.1, -0.05) is 0 Å².